The van der Waals surface area contributed by atoms with E-state index in [1.54, 1.807) is 6.20 Å². The summed E-state index contributed by atoms with van der Waals surface area (Å²) in [5.41, 5.74) is 10.9. The van der Waals surface area contributed by atoms with Crippen molar-refractivity contribution in [3.8, 4) is 45.5 Å². The maximum absolute atomic E-state index is 5.08. The zero-order chi connectivity index (χ0) is 31.6. The van der Waals surface area contributed by atoms with E-state index < -0.39 is 0 Å². The van der Waals surface area contributed by atoms with Crippen LogP contribution >= 0.6 is 0 Å². The first-order valence-electron chi connectivity index (χ1n) is 16.1. The van der Waals surface area contributed by atoms with Crippen molar-refractivity contribution in [2.45, 2.75) is 0 Å². The third-order valence-corrected chi connectivity index (χ3v) is 9.40. The van der Waals surface area contributed by atoms with E-state index in [1.165, 1.54) is 43.6 Å². The predicted molar refractivity (Wildman–Crippen MR) is 196 cm³/mol. The highest BCUT2D eigenvalue weighted by Crippen LogP contribution is 2.37. The molecule has 48 heavy (non-hydrogen) atoms. The summed E-state index contributed by atoms with van der Waals surface area (Å²) in [5.74, 6) is 1.40. The van der Waals surface area contributed by atoms with E-state index in [4.69, 9.17) is 4.98 Å². The third kappa shape index (κ3) is 3.99. The normalized spacial score (nSPS) is 11.8. The summed E-state index contributed by atoms with van der Waals surface area (Å²) in [4.78, 5) is 16.4. The minimum absolute atomic E-state index is 0.697. The number of benzene rings is 6. The Morgan fingerprint density at radius 1 is 0.438 bits per heavy atom. The molecule has 0 aliphatic heterocycles. The lowest BCUT2D eigenvalue weighted by molar-refractivity contribution is 1.18. The second-order valence-electron chi connectivity index (χ2n) is 12.1. The largest absolute Gasteiger partial charge is 0.342 e. The third-order valence-electron chi connectivity index (χ3n) is 9.40. The van der Waals surface area contributed by atoms with Crippen molar-refractivity contribution in [2.75, 3.05) is 0 Å². The summed E-state index contributed by atoms with van der Waals surface area (Å²) >= 11 is 0. The van der Waals surface area contributed by atoms with E-state index in [0.717, 1.165) is 33.9 Å². The monoisotopic (exact) mass is 616 g/mol. The van der Waals surface area contributed by atoms with Crippen LogP contribution in [0.3, 0.4) is 0 Å². The SMILES string of the molecule is c1ccc2c(c1)c1ccccc1n2-c1ccc(-c2nc(-c3ncc[nH]3)[nH]c2-c2ccc(-n3c4ccccc4c4ccccc43)cc2)cc1. The number of nitrogens with one attached hydrogen (secondary N) is 2. The first-order chi connectivity index (χ1) is 23.8. The molecule has 0 amide bonds. The molecule has 4 heterocycles. The molecule has 0 unspecified atom stereocenters. The summed E-state index contributed by atoms with van der Waals surface area (Å²) in [6, 6.07) is 51.8. The fourth-order valence-electron chi connectivity index (χ4n) is 7.24. The van der Waals surface area contributed by atoms with Gasteiger partial charge in [-0.3, -0.25) is 0 Å². The van der Waals surface area contributed by atoms with Gasteiger partial charge < -0.3 is 19.1 Å². The number of imidazole rings is 2. The molecule has 0 saturated heterocycles. The summed E-state index contributed by atoms with van der Waals surface area (Å²) in [5, 5.41) is 5.00. The van der Waals surface area contributed by atoms with Crippen LogP contribution in [0.25, 0.3) is 89.2 Å². The Labute approximate surface area is 275 Å². The van der Waals surface area contributed by atoms with Crippen LogP contribution in [0.2, 0.25) is 0 Å². The van der Waals surface area contributed by atoms with Gasteiger partial charge >= 0.3 is 0 Å². The van der Waals surface area contributed by atoms with E-state index in [2.05, 4.69) is 170 Å². The number of hydrogen-bond acceptors (Lipinski definition) is 2. The van der Waals surface area contributed by atoms with Gasteiger partial charge in [0, 0.05) is 56.4 Å². The van der Waals surface area contributed by atoms with Crippen LogP contribution in [0.4, 0.5) is 0 Å². The zero-order valence-corrected chi connectivity index (χ0v) is 25.8. The highest BCUT2D eigenvalue weighted by molar-refractivity contribution is 6.10. The molecule has 6 aromatic carbocycles. The smallest absolute Gasteiger partial charge is 0.174 e. The Morgan fingerprint density at radius 3 is 1.31 bits per heavy atom. The topological polar surface area (TPSA) is 67.2 Å². The minimum Gasteiger partial charge on any atom is -0.342 e. The van der Waals surface area contributed by atoms with Crippen LogP contribution < -0.4 is 0 Å². The van der Waals surface area contributed by atoms with Gasteiger partial charge in [0.1, 0.15) is 0 Å². The van der Waals surface area contributed by atoms with Crippen LogP contribution in [-0.4, -0.2) is 29.1 Å². The first-order valence-corrected chi connectivity index (χ1v) is 16.1. The second kappa shape index (κ2) is 10.4. The molecule has 0 atom stereocenters. The lowest BCUT2D eigenvalue weighted by Gasteiger charge is -2.10. The molecule has 0 saturated carbocycles. The Kier molecular flexibility index (Phi) is 5.77. The molecule has 0 aliphatic rings. The summed E-state index contributed by atoms with van der Waals surface area (Å²) in [6.45, 7) is 0. The fraction of sp³-hybridized carbons (Fsp3) is 0. The minimum atomic E-state index is 0.697. The molecule has 0 bridgehead atoms. The van der Waals surface area contributed by atoms with E-state index in [0.29, 0.717) is 11.6 Å². The van der Waals surface area contributed by atoms with Gasteiger partial charge in [-0.15, -0.1) is 0 Å². The molecule has 0 spiro atoms. The standard InChI is InChI=1S/C42H28N6/c1-5-13-35-31(9-1)32-10-2-6-14-36(32)47(35)29-21-17-27(18-22-29)39-40(46-42(45-39)41-43-25-26-44-41)28-19-23-30(24-20-28)48-37-15-7-3-11-33(37)34-12-4-8-16-38(34)48/h1-26H,(H,43,44)(H,45,46). The molecule has 0 aliphatic carbocycles. The van der Waals surface area contributed by atoms with Crippen LogP contribution in [0.15, 0.2) is 158 Å². The van der Waals surface area contributed by atoms with Crippen molar-refractivity contribution in [3.63, 3.8) is 0 Å². The van der Waals surface area contributed by atoms with Gasteiger partial charge in [-0.25, -0.2) is 9.97 Å². The molecule has 6 heteroatoms. The predicted octanol–water partition coefficient (Wildman–Crippen LogP) is 10.3. The molecule has 0 fully saturated rings. The number of aromatic nitrogens is 6. The van der Waals surface area contributed by atoms with Gasteiger partial charge in [0.25, 0.3) is 0 Å². The Balaban J connectivity index is 1.09. The number of nitrogens with zero attached hydrogens (tertiary/aromatic N) is 4. The summed E-state index contributed by atoms with van der Waals surface area (Å²) < 4.78 is 4.67. The highest BCUT2D eigenvalue weighted by atomic mass is 15.0. The van der Waals surface area contributed by atoms with Gasteiger partial charge in [0.05, 0.1) is 33.5 Å². The van der Waals surface area contributed by atoms with Crippen molar-refractivity contribution in [1.29, 1.82) is 0 Å². The van der Waals surface area contributed by atoms with Crippen LogP contribution in [0.1, 0.15) is 0 Å². The van der Waals surface area contributed by atoms with Crippen molar-refractivity contribution in [2.24, 2.45) is 0 Å². The molecular weight excluding hydrogens is 589 g/mol. The number of para-hydroxylation sites is 4. The highest BCUT2D eigenvalue weighted by Gasteiger charge is 2.19. The molecule has 6 nitrogen and oxygen atoms in total. The number of aromatic amines is 2. The first kappa shape index (κ1) is 26.5. The summed E-state index contributed by atoms with van der Waals surface area (Å²) in [6.07, 6.45) is 3.57. The summed E-state index contributed by atoms with van der Waals surface area (Å²) in [7, 11) is 0. The molecule has 226 valence electrons. The average molecular weight is 617 g/mol. The second-order valence-corrected chi connectivity index (χ2v) is 12.1. The lowest BCUT2D eigenvalue weighted by atomic mass is 10.0. The number of fused-ring (bicyclic) bond motifs is 6. The Bertz CT molecular complexity index is 2480. The van der Waals surface area contributed by atoms with Crippen LogP contribution in [0.5, 0.6) is 0 Å². The molecule has 10 aromatic rings. The van der Waals surface area contributed by atoms with Gasteiger partial charge in [-0.2, -0.15) is 0 Å². The molecule has 4 aromatic heterocycles. The van der Waals surface area contributed by atoms with Crippen molar-refractivity contribution < 1.29 is 0 Å². The van der Waals surface area contributed by atoms with Crippen molar-refractivity contribution >= 4 is 43.6 Å². The quantitative estimate of drug-likeness (QED) is 0.202. The molecular formula is C42H28N6. The van der Waals surface area contributed by atoms with E-state index in [1.807, 2.05) is 6.20 Å². The fourth-order valence-corrected chi connectivity index (χ4v) is 7.24. The molecule has 0 radical (unpaired) electrons. The van der Waals surface area contributed by atoms with Crippen molar-refractivity contribution in [1.82, 2.24) is 29.1 Å². The van der Waals surface area contributed by atoms with Gasteiger partial charge in [-0.1, -0.05) is 97.1 Å². The lowest BCUT2D eigenvalue weighted by Crippen LogP contribution is -1.94. The van der Waals surface area contributed by atoms with E-state index in [-0.39, 0.29) is 0 Å². The van der Waals surface area contributed by atoms with Crippen LogP contribution in [0, 0.1) is 0 Å². The van der Waals surface area contributed by atoms with E-state index >= 15 is 0 Å². The number of hydrogen-bond donors (Lipinski definition) is 2. The molecule has 10 rings (SSSR count). The Hall–Kier alpha value is -6.66. The maximum Gasteiger partial charge on any atom is 0.174 e. The maximum atomic E-state index is 5.08. The van der Waals surface area contributed by atoms with Gasteiger partial charge in [-0.05, 0) is 48.5 Å². The van der Waals surface area contributed by atoms with E-state index in [9.17, 15) is 0 Å². The molecule has 2 N–H and O–H groups in total. The Morgan fingerprint density at radius 2 is 0.875 bits per heavy atom. The van der Waals surface area contributed by atoms with Crippen LogP contribution in [-0.2, 0) is 0 Å². The number of rotatable bonds is 5. The average Bonchev–Trinajstić information content (AvgIpc) is 3.96. The van der Waals surface area contributed by atoms with Crippen molar-refractivity contribution in [3.05, 3.63) is 158 Å². The zero-order valence-electron chi connectivity index (χ0n) is 25.8. The number of H-pyrrole nitrogens is 2. The van der Waals surface area contributed by atoms with Gasteiger partial charge in [0.15, 0.2) is 11.6 Å². The van der Waals surface area contributed by atoms with Gasteiger partial charge in [0.2, 0.25) is 0 Å².